The number of hydrazine groups is 1. The number of amides is 1. The van der Waals surface area contributed by atoms with Crippen molar-refractivity contribution in [2.45, 2.75) is 6.42 Å². The van der Waals surface area contributed by atoms with Crippen molar-refractivity contribution >= 4 is 21.8 Å². The number of carbonyl (C=O) groups excluding carboxylic acids is 1. The quantitative estimate of drug-likeness (QED) is 0.800. The van der Waals surface area contributed by atoms with Crippen molar-refractivity contribution < 1.29 is 4.79 Å². The minimum Gasteiger partial charge on any atom is -0.273 e. The van der Waals surface area contributed by atoms with Gasteiger partial charge in [-0.05, 0) is 22.4 Å². The highest BCUT2D eigenvalue weighted by molar-refractivity contribution is 9.10. The lowest BCUT2D eigenvalue weighted by Gasteiger charge is -2.15. The van der Waals surface area contributed by atoms with Crippen LogP contribution in [0.2, 0.25) is 0 Å². The van der Waals surface area contributed by atoms with Gasteiger partial charge in [0, 0.05) is 20.1 Å². The van der Waals surface area contributed by atoms with E-state index in [1.54, 1.807) is 22.9 Å². The van der Waals surface area contributed by atoms with Crippen LogP contribution in [0.5, 0.6) is 0 Å². The van der Waals surface area contributed by atoms with Crippen LogP contribution in [-0.4, -0.2) is 33.8 Å². The maximum atomic E-state index is 11.9. The maximum absolute atomic E-state index is 11.9. The molecule has 1 aliphatic rings. The van der Waals surface area contributed by atoms with Crippen molar-refractivity contribution in [3.05, 3.63) is 16.4 Å². The predicted octanol–water partition coefficient (Wildman–Crippen LogP) is 0.533. The van der Waals surface area contributed by atoms with E-state index in [4.69, 9.17) is 0 Å². The Labute approximate surface area is 90.2 Å². The minimum atomic E-state index is -0.0330. The van der Waals surface area contributed by atoms with Gasteiger partial charge in [0.15, 0.2) is 0 Å². The molecule has 0 aromatic carbocycles. The Bertz CT molecular complexity index is 337. The van der Waals surface area contributed by atoms with Gasteiger partial charge in [-0.3, -0.25) is 14.5 Å². The highest BCUT2D eigenvalue weighted by Gasteiger charge is 2.23. The van der Waals surface area contributed by atoms with E-state index in [-0.39, 0.29) is 5.91 Å². The smallest absolute Gasteiger partial charge is 0.273 e. The lowest BCUT2D eigenvalue weighted by molar-refractivity contribution is 0.0714. The molecule has 14 heavy (non-hydrogen) atoms. The Kier molecular flexibility index (Phi) is 2.56. The normalized spacial score (nSPS) is 16.3. The molecule has 0 aliphatic carbocycles. The number of hydrogen-bond donors (Lipinski definition) is 1. The molecule has 6 heteroatoms. The van der Waals surface area contributed by atoms with Crippen molar-refractivity contribution in [3.63, 3.8) is 0 Å². The van der Waals surface area contributed by atoms with E-state index in [0.29, 0.717) is 5.69 Å². The molecule has 1 saturated heterocycles. The molecule has 0 radical (unpaired) electrons. The first-order chi connectivity index (χ1) is 6.70. The Hall–Kier alpha value is -0.880. The molecule has 1 fully saturated rings. The van der Waals surface area contributed by atoms with Crippen LogP contribution in [0.1, 0.15) is 16.9 Å². The van der Waals surface area contributed by atoms with Crippen LogP contribution >= 0.6 is 15.9 Å². The molecule has 0 spiro atoms. The fraction of sp³-hybridized carbons (Fsp3) is 0.500. The molecule has 1 aromatic rings. The summed E-state index contributed by atoms with van der Waals surface area (Å²) in [5.41, 5.74) is 3.60. The zero-order chi connectivity index (χ0) is 10.1. The fourth-order valence-electron chi connectivity index (χ4n) is 1.48. The predicted molar refractivity (Wildman–Crippen MR) is 54.6 cm³/mol. The van der Waals surface area contributed by atoms with Crippen molar-refractivity contribution in [2.75, 3.05) is 13.1 Å². The summed E-state index contributed by atoms with van der Waals surface area (Å²) >= 11 is 3.31. The number of aryl methyl sites for hydroxylation is 1. The van der Waals surface area contributed by atoms with Gasteiger partial charge >= 0.3 is 0 Å². The van der Waals surface area contributed by atoms with Gasteiger partial charge in [0.2, 0.25) is 0 Å². The summed E-state index contributed by atoms with van der Waals surface area (Å²) in [6, 6.07) is 0. The number of hydrogen-bond acceptors (Lipinski definition) is 3. The van der Waals surface area contributed by atoms with Crippen LogP contribution < -0.4 is 5.43 Å². The van der Waals surface area contributed by atoms with E-state index < -0.39 is 0 Å². The Morgan fingerprint density at radius 3 is 3.00 bits per heavy atom. The molecule has 0 saturated carbocycles. The van der Waals surface area contributed by atoms with E-state index in [0.717, 1.165) is 24.0 Å². The van der Waals surface area contributed by atoms with E-state index in [2.05, 4.69) is 26.5 Å². The van der Waals surface area contributed by atoms with Crippen LogP contribution in [0.4, 0.5) is 0 Å². The first kappa shape index (κ1) is 9.67. The molecular weight excluding hydrogens is 248 g/mol. The van der Waals surface area contributed by atoms with Crippen molar-refractivity contribution in [3.8, 4) is 0 Å². The van der Waals surface area contributed by atoms with E-state index >= 15 is 0 Å². The summed E-state index contributed by atoms with van der Waals surface area (Å²) in [4.78, 5) is 11.9. The summed E-state index contributed by atoms with van der Waals surface area (Å²) in [7, 11) is 1.76. The minimum absolute atomic E-state index is 0.0330. The van der Waals surface area contributed by atoms with Crippen LogP contribution in [0.15, 0.2) is 10.7 Å². The lowest BCUT2D eigenvalue weighted by atomic mass is 10.4. The summed E-state index contributed by atoms with van der Waals surface area (Å²) in [6.07, 6.45) is 2.63. The lowest BCUT2D eigenvalue weighted by Crippen LogP contribution is -2.38. The zero-order valence-electron chi connectivity index (χ0n) is 7.83. The monoisotopic (exact) mass is 258 g/mol. The van der Waals surface area contributed by atoms with Gasteiger partial charge in [0.25, 0.3) is 5.91 Å². The summed E-state index contributed by atoms with van der Waals surface area (Å²) in [6.45, 7) is 1.62. The third-order valence-corrected chi connectivity index (χ3v) is 2.78. The molecule has 1 aliphatic heterocycles. The van der Waals surface area contributed by atoms with Crippen molar-refractivity contribution in [1.82, 2.24) is 20.2 Å². The molecule has 1 aromatic heterocycles. The Morgan fingerprint density at radius 1 is 1.71 bits per heavy atom. The van der Waals surface area contributed by atoms with Crippen LogP contribution in [0.3, 0.4) is 0 Å². The van der Waals surface area contributed by atoms with Crippen LogP contribution in [-0.2, 0) is 7.05 Å². The SMILES string of the molecule is Cn1ncc(Br)c1C(=O)N1CCCN1. The Balaban J connectivity index is 2.25. The van der Waals surface area contributed by atoms with Gasteiger partial charge < -0.3 is 0 Å². The fourth-order valence-corrected chi connectivity index (χ4v) is 2.00. The second-order valence-electron chi connectivity index (χ2n) is 3.18. The number of halogens is 1. The molecule has 5 nitrogen and oxygen atoms in total. The van der Waals surface area contributed by atoms with Gasteiger partial charge in [-0.1, -0.05) is 0 Å². The second-order valence-corrected chi connectivity index (χ2v) is 4.04. The van der Waals surface area contributed by atoms with Gasteiger partial charge in [0.1, 0.15) is 5.69 Å². The van der Waals surface area contributed by atoms with E-state index in [1.807, 2.05) is 0 Å². The molecule has 2 heterocycles. The molecule has 1 amide bonds. The Morgan fingerprint density at radius 2 is 2.50 bits per heavy atom. The summed E-state index contributed by atoms with van der Waals surface area (Å²) in [5.74, 6) is -0.0330. The van der Waals surface area contributed by atoms with Crippen molar-refractivity contribution in [2.24, 2.45) is 7.05 Å². The van der Waals surface area contributed by atoms with Gasteiger partial charge in [-0.15, -0.1) is 0 Å². The second kappa shape index (κ2) is 3.70. The van der Waals surface area contributed by atoms with Crippen molar-refractivity contribution in [1.29, 1.82) is 0 Å². The molecular formula is C8H11BrN4O. The molecule has 1 N–H and O–H groups in total. The third kappa shape index (κ3) is 1.55. The topological polar surface area (TPSA) is 50.2 Å². The number of nitrogens with zero attached hydrogens (tertiary/aromatic N) is 3. The van der Waals surface area contributed by atoms with Crippen LogP contribution in [0.25, 0.3) is 0 Å². The highest BCUT2D eigenvalue weighted by Crippen LogP contribution is 2.17. The number of carbonyl (C=O) groups is 1. The molecule has 0 bridgehead atoms. The van der Waals surface area contributed by atoms with E-state index in [1.165, 1.54) is 0 Å². The van der Waals surface area contributed by atoms with Gasteiger partial charge in [-0.25, -0.2) is 5.43 Å². The van der Waals surface area contributed by atoms with Crippen LogP contribution in [0, 0.1) is 0 Å². The molecule has 0 atom stereocenters. The maximum Gasteiger partial charge on any atom is 0.287 e. The zero-order valence-corrected chi connectivity index (χ0v) is 9.41. The van der Waals surface area contributed by atoms with E-state index in [9.17, 15) is 4.79 Å². The molecule has 0 unspecified atom stereocenters. The number of rotatable bonds is 1. The highest BCUT2D eigenvalue weighted by atomic mass is 79.9. The average Bonchev–Trinajstić information content (AvgIpc) is 2.75. The average molecular weight is 259 g/mol. The third-order valence-electron chi connectivity index (χ3n) is 2.20. The first-order valence-corrected chi connectivity index (χ1v) is 5.22. The summed E-state index contributed by atoms with van der Waals surface area (Å²) < 4.78 is 2.31. The molecule has 2 rings (SSSR count). The standard InChI is InChI=1S/C8H11BrN4O/c1-12-7(6(9)5-11-12)8(14)13-4-2-3-10-13/h5,10H,2-4H2,1H3. The van der Waals surface area contributed by atoms with Gasteiger partial charge in [0.05, 0.1) is 10.7 Å². The van der Waals surface area contributed by atoms with Gasteiger partial charge in [-0.2, -0.15) is 5.10 Å². The summed E-state index contributed by atoms with van der Waals surface area (Å²) in [5, 5.41) is 5.63. The number of aromatic nitrogens is 2. The molecule has 76 valence electrons. The largest absolute Gasteiger partial charge is 0.287 e. The number of nitrogens with one attached hydrogen (secondary N) is 1. The first-order valence-electron chi connectivity index (χ1n) is 4.43.